The van der Waals surface area contributed by atoms with E-state index in [4.69, 9.17) is 9.97 Å². The van der Waals surface area contributed by atoms with Gasteiger partial charge >= 0.3 is 0 Å². The zero-order valence-corrected chi connectivity index (χ0v) is 36.0. The Balaban J connectivity index is 1.27. The van der Waals surface area contributed by atoms with Gasteiger partial charge in [-0.25, -0.2) is 9.97 Å². The first-order valence-corrected chi connectivity index (χ1v) is 21.6. The lowest BCUT2D eigenvalue weighted by Gasteiger charge is -2.24. The molecule has 9 aromatic rings. The van der Waals surface area contributed by atoms with Gasteiger partial charge < -0.3 is 0 Å². The molecule has 0 saturated heterocycles. The van der Waals surface area contributed by atoms with Gasteiger partial charge in [-0.1, -0.05) is 213 Å². The molecule has 1 aromatic heterocycles. The Hall–Kier alpha value is -7.94. The summed E-state index contributed by atoms with van der Waals surface area (Å²) in [5.74, 6) is 0.682. The second-order valence-corrected chi connectivity index (χ2v) is 15.8. The van der Waals surface area contributed by atoms with Crippen molar-refractivity contribution in [2.75, 3.05) is 0 Å². The van der Waals surface area contributed by atoms with Crippen LogP contribution < -0.4 is 0 Å². The van der Waals surface area contributed by atoms with Crippen LogP contribution in [0.15, 0.2) is 237 Å². The second kappa shape index (κ2) is 18.4. The predicted octanol–water partition coefficient (Wildman–Crippen LogP) is 16.7. The summed E-state index contributed by atoms with van der Waals surface area (Å²) in [5.41, 5.74) is 20.9. The molecule has 0 amide bonds. The van der Waals surface area contributed by atoms with Crippen molar-refractivity contribution in [3.05, 3.63) is 248 Å². The molecule has 63 heavy (non-hydrogen) atoms. The van der Waals surface area contributed by atoms with Gasteiger partial charge in [-0.05, 0) is 111 Å². The maximum absolute atomic E-state index is 5.26. The Labute approximate surface area is 372 Å². The van der Waals surface area contributed by atoms with Crippen molar-refractivity contribution in [1.82, 2.24) is 9.97 Å². The van der Waals surface area contributed by atoms with Crippen molar-refractivity contribution in [1.29, 1.82) is 0 Å². The summed E-state index contributed by atoms with van der Waals surface area (Å²) >= 11 is 0. The third-order valence-corrected chi connectivity index (χ3v) is 11.7. The smallest absolute Gasteiger partial charge is 0.160 e. The zero-order valence-electron chi connectivity index (χ0n) is 36.0. The van der Waals surface area contributed by atoms with Crippen LogP contribution in [-0.2, 0) is 0 Å². The van der Waals surface area contributed by atoms with Gasteiger partial charge in [-0.15, -0.1) is 0 Å². The molecule has 0 fully saturated rings. The maximum Gasteiger partial charge on any atom is 0.160 e. The Kier molecular flexibility index (Phi) is 11.8. The van der Waals surface area contributed by atoms with Gasteiger partial charge in [0.1, 0.15) is 0 Å². The molecule has 0 atom stereocenters. The molecular weight excluding hydrogens is 761 g/mol. The lowest BCUT2D eigenvalue weighted by Crippen LogP contribution is -2.03. The number of allylic oxidation sites excluding steroid dienone is 5. The van der Waals surface area contributed by atoms with Crippen LogP contribution >= 0.6 is 0 Å². The first-order chi connectivity index (χ1) is 31.0. The molecule has 0 aliphatic rings. The normalized spacial score (nSPS) is 11.7. The van der Waals surface area contributed by atoms with Gasteiger partial charge in [-0.2, -0.15) is 0 Å². The van der Waals surface area contributed by atoms with Crippen molar-refractivity contribution in [2.45, 2.75) is 20.8 Å². The summed E-state index contributed by atoms with van der Waals surface area (Å²) in [6, 6.07) is 73.8. The van der Waals surface area contributed by atoms with Crippen LogP contribution in [0, 0.1) is 6.92 Å². The fraction of sp³-hybridized carbons (Fsp3) is 0.0492. The molecule has 0 bridgehead atoms. The third-order valence-electron chi connectivity index (χ3n) is 11.7. The minimum absolute atomic E-state index is 0.682. The number of benzene rings is 8. The van der Waals surface area contributed by atoms with E-state index in [0.29, 0.717) is 5.82 Å². The van der Waals surface area contributed by atoms with Crippen molar-refractivity contribution in [3.63, 3.8) is 0 Å². The predicted molar refractivity (Wildman–Crippen MR) is 268 cm³/mol. The van der Waals surface area contributed by atoms with Crippen molar-refractivity contribution < 1.29 is 0 Å². The van der Waals surface area contributed by atoms with Crippen LogP contribution in [0.4, 0.5) is 0 Å². The minimum atomic E-state index is 0.682. The van der Waals surface area contributed by atoms with Gasteiger partial charge in [0.15, 0.2) is 5.82 Å². The minimum Gasteiger partial charge on any atom is -0.228 e. The molecule has 0 radical (unpaired) electrons. The molecule has 0 saturated carbocycles. The fourth-order valence-corrected chi connectivity index (χ4v) is 8.73. The van der Waals surface area contributed by atoms with Crippen LogP contribution in [0.1, 0.15) is 25.1 Å². The SMILES string of the molecule is C=C/C(=C(C)\C=C/C)c1nc(-c2ccccc2)nc(-c2cccc(-c3cccc(-c4cc(-c5ccccc5)c(-c5ccccc5)c(-c5ccccc5)c4-c4ccccc4)c3)c2)c1C. The van der Waals surface area contributed by atoms with E-state index in [2.05, 4.69) is 221 Å². The molecule has 1 heterocycles. The van der Waals surface area contributed by atoms with Crippen molar-refractivity contribution in [3.8, 4) is 89.4 Å². The molecule has 0 unspecified atom stereocenters. The molecule has 0 aliphatic heterocycles. The van der Waals surface area contributed by atoms with Crippen LogP contribution in [0.5, 0.6) is 0 Å². The lowest BCUT2D eigenvalue weighted by molar-refractivity contribution is 1.12. The maximum atomic E-state index is 5.26. The van der Waals surface area contributed by atoms with Gasteiger partial charge in [-0.3, -0.25) is 0 Å². The molecule has 0 aliphatic carbocycles. The summed E-state index contributed by atoms with van der Waals surface area (Å²) in [4.78, 5) is 10.4. The number of hydrogen-bond acceptors (Lipinski definition) is 2. The first kappa shape index (κ1) is 40.5. The highest BCUT2D eigenvalue weighted by molar-refractivity contribution is 6.07. The van der Waals surface area contributed by atoms with Gasteiger partial charge in [0.25, 0.3) is 0 Å². The van der Waals surface area contributed by atoms with Crippen molar-refractivity contribution in [2.24, 2.45) is 0 Å². The molecule has 302 valence electrons. The molecule has 8 aromatic carbocycles. The number of hydrogen-bond donors (Lipinski definition) is 0. The van der Waals surface area contributed by atoms with E-state index in [1.807, 2.05) is 31.2 Å². The van der Waals surface area contributed by atoms with E-state index in [1.54, 1.807) is 0 Å². The highest BCUT2D eigenvalue weighted by atomic mass is 14.9. The molecule has 0 N–H and O–H groups in total. The van der Waals surface area contributed by atoms with Gasteiger partial charge in [0.2, 0.25) is 0 Å². The second-order valence-electron chi connectivity index (χ2n) is 15.8. The Morgan fingerprint density at radius 3 is 1.35 bits per heavy atom. The topological polar surface area (TPSA) is 25.8 Å². The van der Waals surface area contributed by atoms with Gasteiger partial charge in [0.05, 0.1) is 11.4 Å². The summed E-state index contributed by atoms with van der Waals surface area (Å²) < 4.78 is 0. The van der Waals surface area contributed by atoms with E-state index in [1.165, 1.54) is 44.5 Å². The van der Waals surface area contributed by atoms with Gasteiger partial charge in [0, 0.05) is 22.3 Å². The van der Waals surface area contributed by atoms with E-state index < -0.39 is 0 Å². The van der Waals surface area contributed by atoms with E-state index >= 15 is 0 Å². The number of aromatic nitrogens is 2. The monoisotopic (exact) mass is 808 g/mol. The highest BCUT2D eigenvalue weighted by Crippen LogP contribution is 2.50. The van der Waals surface area contributed by atoms with Crippen LogP contribution in [0.25, 0.3) is 95.0 Å². The summed E-state index contributed by atoms with van der Waals surface area (Å²) in [6.45, 7) is 10.5. The average Bonchev–Trinajstić information content (AvgIpc) is 3.35. The van der Waals surface area contributed by atoms with Crippen LogP contribution in [-0.4, -0.2) is 9.97 Å². The highest BCUT2D eigenvalue weighted by Gasteiger charge is 2.24. The van der Waals surface area contributed by atoms with E-state index in [9.17, 15) is 0 Å². The number of nitrogens with zero attached hydrogens (tertiary/aromatic N) is 2. The Morgan fingerprint density at radius 1 is 0.429 bits per heavy atom. The lowest BCUT2D eigenvalue weighted by atomic mass is 9.78. The third kappa shape index (κ3) is 8.28. The van der Waals surface area contributed by atoms with Crippen LogP contribution in [0.2, 0.25) is 0 Å². The number of rotatable bonds is 11. The molecule has 9 rings (SSSR count). The van der Waals surface area contributed by atoms with Crippen molar-refractivity contribution >= 4 is 5.57 Å². The Bertz CT molecular complexity index is 3110. The average molecular weight is 809 g/mol. The zero-order chi connectivity index (χ0) is 43.1. The molecule has 2 heteroatoms. The fourth-order valence-electron chi connectivity index (χ4n) is 8.73. The summed E-state index contributed by atoms with van der Waals surface area (Å²) in [6.07, 6.45) is 6.07. The molecular formula is C61H48N2. The molecule has 0 spiro atoms. The summed E-state index contributed by atoms with van der Waals surface area (Å²) in [7, 11) is 0. The molecule has 2 nitrogen and oxygen atoms in total. The standard InChI is InChI=1S/C61H48N2/c1-5-24-42(3)53(6-2)60-43(4)59(62-61(63-60)48-33-20-11-21-34-48)52-38-23-36-50(40-52)49-35-22-37-51(39-49)55-41-54(44-25-12-7-13-26-44)56(45-27-14-8-15-28-45)58(47-31-18-10-19-32-47)57(55)46-29-16-9-17-30-46/h5-41H,2H2,1,3-4H3/b24-5-,53-42+. The first-order valence-electron chi connectivity index (χ1n) is 21.6. The van der Waals surface area contributed by atoms with Crippen LogP contribution in [0.3, 0.4) is 0 Å². The Morgan fingerprint density at radius 2 is 0.841 bits per heavy atom. The van der Waals surface area contributed by atoms with E-state index in [0.717, 1.165) is 61.5 Å². The summed E-state index contributed by atoms with van der Waals surface area (Å²) in [5, 5.41) is 0. The van der Waals surface area contributed by atoms with E-state index in [-0.39, 0.29) is 0 Å². The largest absolute Gasteiger partial charge is 0.228 e. The quantitative estimate of drug-likeness (QED) is 0.122.